The summed E-state index contributed by atoms with van der Waals surface area (Å²) in [6.07, 6.45) is -2.77. The first-order valence-corrected chi connectivity index (χ1v) is 3.03. The number of amides is 1. The maximum Gasteiger partial charge on any atom is 0.508 e. The predicted molar refractivity (Wildman–Crippen MR) is 37.3 cm³/mol. The van der Waals surface area contributed by atoms with Crippen molar-refractivity contribution in [3.05, 3.63) is 0 Å². The minimum atomic E-state index is -1.54. The topological polar surface area (TPSA) is 105 Å². The molecule has 0 spiro atoms. The number of hydrogen-bond acceptors (Lipinski definition) is 5. The summed E-state index contributed by atoms with van der Waals surface area (Å²) >= 11 is 0. The highest BCUT2D eigenvalue weighted by molar-refractivity contribution is 6.01. The lowest BCUT2D eigenvalue weighted by molar-refractivity contribution is -0.130. The second-order valence-corrected chi connectivity index (χ2v) is 2.16. The lowest BCUT2D eigenvalue weighted by Gasteiger charge is -2.17. The van der Waals surface area contributed by atoms with Crippen LogP contribution in [0.1, 0.15) is 0 Å². The Labute approximate surface area is 67.4 Å². The van der Waals surface area contributed by atoms with Crippen molar-refractivity contribution in [1.82, 2.24) is 4.90 Å². The van der Waals surface area contributed by atoms with Crippen LogP contribution in [0.5, 0.6) is 0 Å². The first kappa shape index (κ1) is 8.31. The van der Waals surface area contributed by atoms with Gasteiger partial charge in [0, 0.05) is 7.05 Å². The van der Waals surface area contributed by atoms with Crippen molar-refractivity contribution in [1.29, 1.82) is 0 Å². The van der Waals surface area contributed by atoms with E-state index in [1.165, 1.54) is 7.05 Å². The molecule has 1 atom stereocenters. The molecule has 3 N–H and O–H groups in total. The van der Waals surface area contributed by atoms with E-state index in [4.69, 9.17) is 10.8 Å². The van der Waals surface area contributed by atoms with Gasteiger partial charge in [-0.05, 0) is 0 Å². The van der Waals surface area contributed by atoms with E-state index in [1.54, 1.807) is 0 Å². The number of guanidine groups is 1. The third kappa shape index (κ3) is 1.29. The molecule has 1 rings (SSSR count). The molecule has 0 fully saturated rings. The van der Waals surface area contributed by atoms with Gasteiger partial charge in [0.1, 0.15) is 0 Å². The quantitative estimate of drug-likeness (QED) is 0.482. The number of rotatable bonds is 1. The van der Waals surface area contributed by atoms with Crippen LogP contribution in [0.4, 0.5) is 4.79 Å². The minimum absolute atomic E-state index is 0.0498. The van der Waals surface area contributed by atoms with Gasteiger partial charge in [-0.1, -0.05) is 0 Å². The van der Waals surface area contributed by atoms with Crippen LogP contribution in [-0.4, -0.2) is 41.3 Å². The zero-order valence-electron chi connectivity index (χ0n) is 6.22. The van der Waals surface area contributed by atoms with Gasteiger partial charge in [0.15, 0.2) is 0 Å². The van der Waals surface area contributed by atoms with Crippen molar-refractivity contribution in [3.8, 4) is 0 Å². The second-order valence-electron chi connectivity index (χ2n) is 2.16. The molecular formula is C5H7N3O4. The Kier molecular flexibility index (Phi) is 1.86. The molecule has 0 aromatic heterocycles. The average Bonchev–Trinajstić information content (AvgIpc) is 2.16. The standard InChI is InChI=1S/C5H7N3O4/c1-8-3(12-5(10)11)2(9)7-4(8)6/h3H,1H3,(H,10,11)(H2,6,7,9). The molecular weight excluding hydrogens is 166 g/mol. The summed E-state index contributed by atoms with van der Waals surface area (Å²) in [5.74, 6) is -0.761. The predicted octanol–water partition coefficient (Wildman–Crippen LogP) is -1.21. The summed E-state index contributed by atoms with van der Waals surface area (Å²) in [4.78, 5) is 25.3. The monoisotopic (exact) mass is 173 g/mol. The Bertz CT molecular complexity index is 261. The molecule has 1 aliphatic rings. The van der Waals surface area contributed by atoms with Gasteiger partial charge in [0.2, 0.25) is 5.96 Å². The van der Waals surface area contributed by atoms with Crippen LogP contribution in [0, 0.1) is 0 Å². The number of nitrogens with two attached hydrogens (primary N) is 1. The van der Waals surface area contributed by atoms with Crippen molar-refractivity contribution >= 4 is 18.0 Å². The van der Waals surface area contributed by atoms with Crippen LogP contribution in [0.15, 0.2) is 4.99 Å². The fourth-order valence-electron chi connectivity index (χ4n) is 0.758. The molecule has 1 heterocycles. The van der Waals surface area contributed by atoms with Gasteiger partial charge in [-0.15, -0.1) is 0 Å². The van der Waals surface area contributed by atoms with Crippen molar-refractivity contribution in [2.75, 3.05) is 7.05 Å². The maximum absolute atomic E-state index is 10.8. The Hall–Kier alpha value is -1.79. The molecule has 0 bridgehead atoms. The largest absolute Gasteiger partial charge is 0.508 e. The van der Waals surface area contributed by atoms with Crippen molar-refractivity contribution < 1.29 is 19.4 Å². The van der Waals surface area contributed by atoms with E-state index in [-0.39, 0.29) is 5.96 Å². The highest BCUT2D eigenvalue weighted by Gasteiger charge is 2.34. The summed E-state index contributed by atoms with van der Waals surface area (Å²) in [5, 5.41) is 8.20. The molecule has 0 saturated carbocycles. The smallest absolute Gasteiger partial charge is 0.450 e. The van der Waals surface area contributed by atoms with Gasteiger partial charge < -0.3 is 20.5 Å². The Morgan fingerprint density at radius 2 is 2.42 bits per heavy atom. The SMILES string of the molecule is CN1C(N)=NC(=O)C1OC(=O)O. The van der Waals surface area contributed by atoms with Gasteiger partial charge in [0.25, 0.3) is 6.23 Å². The van der Waals surface area contributed by atoms with Gasteiger partial charge in [-0.25, -0.2) is 4.79 Å². The maximum atomic E-state index is 10.8. The molecule has 0 aromatic rings. The third-order valence-corrected chi connectivity index (χ3v) is 1.36. The minimum Gasteiger partial charge on any atom is -0.450 e. The van der Waals surface area contributed by atoms with E-state index in [1.807, 2.05) is 0 Å². The van der Waals surface area contributed by atoms with E-state index in [0.29, 0.717) is 0 Å². The molecule has 1 unspecified atom stereocenters. The molecule has 0 aliphatic carbocycles. The Morgan fingerprint density at radius 3 is 2.75 bits per heavy atom. The van der Waals surface area contributed by atoms with Crippen LogP contribution in [0.2, 0.25) is 0 Å². The highest BCUT2D eigenvalue weighted by atomic mass is 16.7. The van der Waals surface area contributed by atoms with Gasteiger partial charge >= 0.3 is 12.1 Å². The molecule has 0 saturated heterocycles. The summed E-state index contributed by atoms with van der Waals surface area (Å²) in [7, 11) is 1.41. The number of hydrogen-bond donors (Lipinski definition) is 2. The Morgan fingerprint density at radius 1 is 1.83 bits per heavy atom. The fraction of sp³-hybridized carbons (Fsp3) is 0.400. The third-order valence-electron chi connectivity index (χ3n) is 1.36. The number of carboxylic acid groups (broad SMARTS) is 1. The number of ether oxygens (including phenoxy) is 1. The van der Waals surface area contributed by atoms with E-state index >= 15 is 0 Å². The average molecular weight is 173 g/mol. The van der Waals surface area contributed by atoms with Crippen LogP contribution in [0.3, 0.4) is 0 Å². The zero-order chi connectivity index (χ0) is 9.30. The summed E-state index contributed by atoms with van der Waals surface area (Å²) in [5.41, 5.74) is 5.22. The Balaban J connectivity index is 2.70. The van der Waals surface area contributed by atoms with Crippen molar-refractivity contribution in [3.63, 3.8) is 0 Å². The molecule has 0 radical (unpaired) electrons. The van der Waals surface area contributed by atoms with Crippen LogP contribution < -0.4 is 5.73 Å². The molecule has 1 amide bonds. The highest BCUT2D eigenvalue weighted by Crippen LogP contribution is 2.08. The van der Waals surface area contributed by atoms with Crippen LogP contribution in [0.25, 0.3) is 0 Å². The normalized spacial score (nSPS) is 22.4. The van der Waals surface area contributed by atoms with Gasteiger partial charge in [-0.3, -0.25) is 4.79 Å². The lowest BCUT2D eigenvalue weighted by Crippen LogP contribution is -2.41. The number of carbonyl (C=O) groups excluding carboxylic acids is 1. The van der Waals surface area contributed by atoms with Crippen molar-refractivity contribution in [2.45, 2.75) is 6.23 Å². The number of nitrogens with zero attached hydrogens (tertiary/aromatic N) is 2. The summed E-state index contributed by atoms with van der Waals surface area (Å²) in [6, 6.07) is 0. The van der Waals surface area contributed by atoms with Gasteiger partial charge in [-0.2, -0.15) is 4.99 Å². The molecule has 66 valence electrons. The molecule has 12 heavy (non-hydrogen) atoms. The number of likely N-dealkylation sites (N-methyl/N-ethyl adjacent to an activating group) is 1. The van der Waals surface area contributed by atoms with E-state index in [9.17, 15) is 9.59 Å². The van der Waals surface area contributed by atoms with E-state index < -0.39 is 18.3 Å². The van der Waals surface area contributed by atoms with Gasteiger partial charge in [0.05, 0.1) is 0 Å². The van der Waals surface area contributed by atoms with Crippen molar-refractivity contribution in [2.24, 2.45) is 10.7 Å². The van der Waals surface area contributed by atoms with Crippen LogP contribution >= 0.6 is 0 Å². The fourth-order valence-corrected chi connectivity index (χ4v) is 0.758. The van der Waals surface area contributed by atoms with E-state index in [2.05, 4.69) is 9.73 Å². The molecule has 7 heteroatoms. The first-order valence-electron chi connectivity index (χ1n) is 3.03. The van der Waals surface area contributed by atoms with E-state index in [0.717, 1.165) is 4.90 Å². The summed E-state index contributed by atoms with van der Waals surface area (Å²) in [6.45, 7) is 0. The molecule has 7 nitrogen and oxygen atoms in total. The summed E-state index contributed by atoms with van der Waals surface area (Å²) < 4.78 is 4.20. The number of carbonyl (C=O) groups is 2. The lowest BCUT2D eigenvalue weighted by atomic mass is 10.5. The molecule has 1 aliphatic heterocycles. The van der Waals surface area contributed by atoms with Crippen LogP contribution in [-0.2, 0) is 9.53 Å². The zero-order valence-corrected chi connectivity index (χ0v) is 6.22. The first-order chi connectivity index (χ1) is 5.52. The molecule has 0 aromatic carbocycles. The second kappa shape index (κ2) is 2.68. The number of aliphatic imine (C=N–C) groups is 1.